The van der Waals surface area contributed by atoms with Crippen LogP contribution in [0.5, 0.6) is 5.75 Å². The summed E-state index contributed by atoms with van der Waals surface area (Å²) in [7, 11) is 0. The molecule has 0 unspecified atom stereocenters. The quantitative estimate of drug-likeness (QED) is 0.773. The van der Waals surface area contributed by atoms with Gasteiger partial charge in [0, 0.05) is 18.3 Å². The molecule has 4 nitrogen and oxygen atoms in total. The van der Waals surface area contributed by atoms with Crippen LogP contribution in [0.15, 0.2) is 18.2 Å². The summed E-state index contributed by atoms with van der Waals surface area (Å²) in [6.45, 7) is 7.38. The van der Waals surface area contributed by atoms with Gasteiger partial charge in [-0.2, -0.15) is 0 Å². The lowest BCUT2D eigenvalue weighted by molar-refractivity contribution is 0.0522. The number of hydrogen-bond acceptors (Lipinski definition) is 4. The lowest BCUT2D eigenvalue weighted by atomic mass is 10.2. The van der Waals surface area contributed by atoms with Crippen LogP contribution in [0.4, 0.5) is 5.69 Å². The Morgan fingerprint density at radius 2 is 2.00 bits per heavy atom. The van der Waals surface area contributed by atoms with E-state index in [1.165, 1.54) is 0 Å². The van der Waals surface area contributed by atoms with E-state index in [0.717, 1.165) is 12.2 Å². The first-order chi connectivity index (χ1) is 8.22. The summed E-state index contributed by atoms with van der Waals surface area (Å²) in [6.07, 6.45) is 0. The number of rotatable bonds is 6. The van der Waals surface area contributed by atoms with Crippen molar-refractivity contribution in [3.8, 4) is 5.75 Å². The van der Waals surface area contributed by atoms with Crippen LogP contribution in [0.2, 0.25) is 0 Å². The van der Waals surface area contributed by atoms with Crippen LogP contribution < -0.4 is 10.1 Å². The maximum atomic E-state index is 11.7. The van der Waals surface area contributed by atoms with Crippen LogP contribution in [0, 0.1) is 0 Å². The molecule has 4 heteroatoms. The Hall–Kier alpha value is -1.71. The monoisotopic (exact) mass is 237 g/mol. The van der Waals surface area contributed by atoms with E-state index < -0.39 is 0 Å². The molecule has 0 aliphatic carbocycles. The first-order valence-electron chi connectivity index (χ1n) is 5.90. The van der Waals surface area contributed by atoms with Gasteiger partial charge in [0.1, 0.15) is 11.3 Å². The van der Waals surface area contributed by atoms with Gasteiger partial charge in [0.25, 0.3) is 0 Å². The Bertz CT molecular complexity index is 377. The van der Waals surface area contributed by atoms with Gasteiger partial charge in [-0.1, -0.05) is 0 Å². The van der Waals surface area contributed by atoms with Gasteiger partial charge in [0.15, 0.2) is 0 Å². The van der Waals surface area contributed by atoms with Crippen LogP contribution in [-0.2, 0) is 4.74 Å². The molecule has 0 aliphatic rings. The molecule has 94 valence electrons. The van der Waals surface area contributed by atoms with E-state index in [4.69, 9.17) is 9.47 Å². The average molecular weight is 237 g/mol. The molecule has 1 rings (SSSR count). The molecule has 0 aliphatic heterocycles. The summed E-state index contributed by atoms with van der Waals surface area (Å²) < 4.78 is 10.4. The number of nitrogens with one attached hydrogen (secondary N) is 1. The Kier molecular flexibility index (Phi) is 5.33. The highest BCUT2D eigenvalue weighted by molar-refractivity contribution is 5.93. The van der Waals surface area contributed by atoms with Crippen molar-refractivity contribution in [1.82, 2.24) is 0 Å². The van der Waals surface area contributed by atoms with E-state index in [-0.39, 0.29) is 5.97 Å². The Balaban J connectivity index is 2.98. The topological polar surface area (TPSA) is 47.6 Å². The first kappa shape index (κ1) is 13.4. The fourth-order valence-electron chi connectivity index (χ4n) is 1.49. The minimum absolute atomic E-state index is 0.348. The van der Waals surface area contributed by atoms with E-state index in [9.17, 15) is 4.79 Å². The van der Waals surface area contributed by atoms with Gasteiger partial charge in [-0.15, -0.1) is 0 Å². The van der Waals surface area contributed by atoms with Crippen LogP contribution >= 0.6 is 0 Å². The van der Waals surface area contributed by atoms with E-state index >= 15 is 0 Å². The van der Waals surface area contributed by atoms with Gasteiger partial charge in [0.2, 0.25) is 0 Å². The number of anilines is 1. The van der Waals surface area contributed by atoms with Gasteiger partial charge in [0.05, 0.1) is 13.2 Å². The third kappa shape index (κ3) is 3.66. The molecule has 0 saturated heterocycles. The molecule has 1 aromatic carbocycles. The molecule has 0 aromatic heterocycles. The zero-order valence-corrected chi connectivity index (χ0v) is 10.6. The molecule has 0 bridgehead atoms. The standard InChI is InChI=1S/C13H19NO3/c1-4-14-10-7-8-11(13(15)17-6-3)12(9-10)16-5-2/h7-9,14H,4-6H2,1-3H3. The molecule has 0 saturated carbocycles. The molecule has 17 heavy (non-hydrogen) atoms. The lowest BCUT2D eigenvalue weighted by Gasteiger charge is -2.11. The average Bonchev–Trinajstić information content (AvgIpc) is 2.30. The molecule has 0 spiro atoms. The maximum Gasteiger partial charge on any atom is 0.341 e. The van der Waals surface area contributed by atoms with Crippen LogP contribution in [-0.4, -0.2) is 25.7 Å². The highest BCUT2D eigenvalue weighted by atomic mass is 16.5. The molecule has 0 fully saturated rings. The predicted octanol–water partition coefficient (Wildman–Crippen LogP) is 2.69. The fraction of sp³-hybridized carbons (Fsp3) is 0.462. The van der Waals surface area contributed by atoms with Gasteiger partial charge in [-0.05, 0) is 32.9 Å². The molecular weight excluding hydrogens is 218 g/mol. The fourth-order valence-corrected chi connectivity index (χ4v) is 1.49. The number of hydrogen-bond donors (Lipinski definition) is 1. The largest absolute Gasteiger partial charge is 0.493 e. The van der Waals surface area contributed by atoms with Crippen molar-refractivity contribution >= 4 is 11.7 Å². The molecule has 0 heterocycles. The number of carbonyl (C=O) groups excluding carboxylic acids is 1. The van der Waals surface area contributed by atoms with Gasteiger partial charge in [-0.25, -0.2) is 4.79 Å². The van der Waals surface area contributed by atoms with Crippen LogP contribution in [0.25, 0.3) is 0 Å². The molecule has 0 radical (unpaired) electrons. The maximum absolute atomic E-state index is 11.7. The predicted molar refractivity (Wildman–Crippen MR) is 67.7 cm³/mol. The minimum atomic E-state index is -0.348. The van der Waals surface area contributed by atoms with E-state index in [1.54, 1.807) is 13.0 Å². The summed E-state index contributed by atoms with van der Waals surface area (Å²) >= 11 is 0. The van der Waals surface area contributed by atoms with E-state index in [0.29, 0.717) is 24.5 Å². The van der Waals surface area contributed by atoms with Crippen molar-refractivity contribution in [2.24, 2.45) is 0 Å². The van der Waals surface area contributed by atoms with Crippen LogP contribution in [0.3, 0.4) is 0 Å². The molecule has 0 atom stereocenters. The molecular formula is C13H19NO3. The Labute approximate surface area is 102 Å². The lowest BCUT2D eigenvalue weighted by Crippen LogP contribution is -2.08. The summed E-state index contributed by atoms with van der Waals surface area (Å²) in [5.41, 5.74) is 1.40. The Morgan fingerprint density at radius 3 is 2.59 bits per heavy atom. The SMILES string of the molecule is CCNc1ccc(C(=O)OCC)c(OCC)c1. The first-order valence-corrected chi connectivity index (χ1v) is 5.90. The highest BCUT2D eigenvalue weighted by Crippen LogP contribution is 2.24. The van der Waals surface area contributed by atoms with Crippen molar-refractivity contribution in [3.63, 3.8) is 0 Å². The number of ether oxygens (including phenoxy) is 2. The summed E-state index contributed by atoms with van der Waals surface area (Å²) in [4.78, 5) is 11.7. The van der Waals surface area contributed by atoms with Gasteiger partial charge in [-0.3, -0.25) is 0 Å². The summed E-state index contributed by atoms with van der Waals surface area (Å²) in [6, 6.07) is 5.39. The molecule has 0 amide bonds. The molecule has 1 N–H and O–H groups in total. The van der Waals surface area contributed by atoms with Crippen molar-refractivity contribution in [3.05, 3.63) is 23.8 Å². The smallest absolute Gasteiger partial charge is 0.341 e. The van der Waals surface area contributed by atoms with Crippen LogP contribution in [0.1, 0.15) is 31.1 Å². The van der Waals surface area contributed by atoms with Crippen molar-refractivity contribution in [2.75, 3.05) is 25.1 Å². The second-order valence-electron chi connectivity index (χ2n) is 3.39. The second kappa shape index (κ2) is 6.78. The third-order valence-electron chi connectivity index (χ3n) is 2.16. The van der Waals surface area contributed by atoms with E-state index in [2.05, 4.69) is 5.32 Å². The third-order valence-corrected chi connectivity index (χ3v) is 2.16. The van der Waals surface area contributed by atoms with Crippen molar-refractivity contribution in [1.29, 1.82) is 0 Å². The Morgan fingerprint density at radius 1 is 1.24 bits per heavy atom. The van der Waals surface area contributed by atoms with Crippen molar-refractivity contribution in [2.45, 2.75) is 20.8 Å². The normalized spacial score (nSPS) is 9.82. The van der Waals surface area contributed by atoms with Gasteiger partial charge < -0.3 is 14.8 Å². The number of carbonyl (C=O) groups is 1. The highest BCUT2D eigenvalue weighted by Gasteiger charge is 2.13. The number of benzene rings is 1. The van der Waals surface area contributed by atoms with Gasteiger partial charge >= 0.3 is 5.97 Å². The van der Waals surface area contributed by atoms with Crippen molar-refractivity contribution < 1.29 is 14.3 Å². The summed E-state index contributed by atoms with van der Waals surface area (Å²) in [5, 5.41) is 3.17. The van der Waals surface area contributed by atoms with E-state index in [1.807, 2.05) is 26.0 Å². The second-order valence-corrected chi connectivity index (χ2v) is 3.39. The minimum Gasteiger partial charge on any atom is -0.493 e. The zero-order chi connectivity index (χ0) is 12.7. The summed E-state index contributed by atoms with van der Waals surface area (Å²) in [5.74, 6) is 0.211. The number of esters is 1. The zero-order valence-electron chi connectivity index (χ0n) is 10.6. The molecule has 1 aromatic rings.